The highest BCUT2D eigenvalue weighted by Crippen LogP contribution is 2.42. The second-order valence-corrected chi connectivity index (χ2v) is 6.71. The zero-order valence-electron chi connectivity index (χ0n) is 11.4. The highest BCUT2D eigenvalue weighted by atomic mass is 79.9. The van der Waals surface area contributed by atoms with Gasteiger partial charge in [-0.15, -0.1) is 0 Å². The van der Waals surface area contributed by atoms with E-state index >= 15 is 0 Å². The van der Waals surface area contributed by atoms with Gasteiger partial charge < -0.3 is 5.32 Å². The smallest absolute Gasteiger partial charge is 0.350 e. The summed E-state index contributed by atoms with van der Waals surface area (Å²) in [4.78, 5) is 12.3. The number of alkyl halides is 4. The van der Waals surface area contributed by atoms with E-state index in [1.54, 1.807) is 0 Å². The number of hydrogen-bond acceptors (Lipinski definition) is 1. The van der Waals surface area contributed by atoms with Gasteiger partial charge in [0.1, 0.15) is 0 Å². The van der Waals surface area contributed by atoms with Crippen LogP contribution in [0.2, 0.25) is 0 Å². The van der Waals surface area contributed by atoms with E-state index in [9.17, 15) is 18.0 Å². The van der Waals surface area contributed by atoms with Crippen LogP contribution in [0.1, 0.15) is 51.4 Å². The molecule has 20 heavy (non-hydrogen) atoms. The molecular formula is C14H21BrF3NO. The van der Waals surface area contributed by atoms with Crippen LogP contribution >= 0.6 is 15.9 Å². The van der Waals surface area contributed by atoms with Crippen LogP contribution in [0.4, 0.5) is 13.2 Å². The molecule has 0 aromatic heterocycles. The van der Waals surface area contributed by atoms with E-state index in [0.29, 0.717) is 24.6 Å². The maximum atomic E-state index is 13.1. The lowest BCUT2D eigenvalue weighted by atomic mass is 9.78. The molecule has 6 heteroatoms. The molecule has 2 fully saturated rings. The number of nitrogens with one attached hydrogen (secondary N) is 1. The molecule has 0 saturated heterocycles. The highest BCUT2D eigenvalue weighted by Gasteiger charge is 2.49. The lowest BCUT2D eigenvalue weighted by Gasteiger charge is -2.36. The Hall–Kier alpha value is -0.260. The molecule has 0 aromatic carbocycles. The molecule has 2 saturated carbocycles. The molecule has 0 radical (unpaired) electrons. The van der Waals surface area contributed by atoms with Crippen molar-refractivity contribution in [3.63, 3.8) is 0 Å². The fourth-order valence-corrected chi connectivity index (χ4v) is 4.24. The first-order chi connectivity index (χ1) is 9.38. The van der Waals surface area contributed by atoms with E-state index in [1.807, 2.05) is 0 Å². The van der Waals surface area contributed by atoms with Crippen molar-refractivity contribution in [2.45, 2.75) is 63.1 Å². The predicted octanol–water partition coefficient (Wildman–Crippen LogP) is 4.18. The van der Waals surface area contributed by atoms with Gasteiger partial charge in [0, 0.05) is 16.8 Å². The second kappa shape index (κ2) is 6.24. The lowest BCUT2D eigenvalue weighted by Crippen LogP contribution is -2.52. The Balaban J connectivity index is 2.06. The molecule has 0 bridgehead atoms. The zero-order chi connectivity index (χ0) is 14.8. The summed E-state index contributed by atoms with van der Waals surface area (Å²) < 4.78 is 39.2. The van der Waals surface area contributed by atoms with Crippen molar-refractivity contribution in [2.75, 3.05) is 5.33 Å². The summed E-state index contributed by atoms with van der Waals surface area (Å²) in [5.74, 6) is -2.77. The molecule has 0 heterocycles. The van der Waals surface area contributed by atoms with Crippen molar-refractivity contribution in [1.29, 1.82) is 0 Å². The molecule has 2 atom stereocenters. The summed E-state index contributed by atoms with van der Waals surface area (Å²) in [6, 6.07) is 0. The molecule has 2 aliphatic rings. The van der Waals surface area contributed by atoms with E-state index < -0.39 is 23.9 Å². The van der Waals surface area contributed by atoms with Crippen LogP contribution in [-0.2, 0) is 4.79 Å². The third-order valence-corrected chi connectivity index (χ3v) is 5.80. The van der Waals surface area contributed by atoms with Crippen LogP contribution < -0.4 is 5.32 Å². The number of halogens is 4. The van der Waals surface area contributed by atoms with Gasteiger partial charge in [0.05, 0.1) is 5.92 Å². The largest absolute Gasteiger partial charge is 0.392 e. The molecule has 2 rings (SSSR count). The average Bonchev–Trinajstić information content (AvgIpc) is 2.87. The minimum Gasteiger partial charge on any atom is -0.350 e. The van der Waals surface area contributed by atoms with Gasteiger partial charge in [0.15, 0.2) is 0 Å². The van der Waals surface area contributed by atoms with Gasteiger partial charge in [-0.25, -0.2) is 0 Å². The number of hydrogen-bond donors (Lipinski definition) is 1. The highest BCUT2D eigenvalue weighted by molar-refractivity contribution is 9.09. The van der Waals surface area contributed by atoms with Crippen molar-refractivity contribution in [1.82, 2.24) is 5.32 Å². The maximum Gasteiger partial charge on any atom is 0.392 e. The minimum absolute atomic E-state index is 0.0862. The van der Waals surface area contributed by atoms with Crippen LogP contribution in [0.5, 0.6) is 0 Å². The van der Waals surface area contributed by atoms with Crippen molar-refractivity contribution in [2.24, 2.45) is 11.8 Å². The van der Waals surface area contributed by atoms with Gasteiger partial charge in [-0.2, -0.15) is 13.2 Å². The normalized spacial score (nSPS) is 30.2. The Morgan fingerprint density at radius 3 is 2.30 bits per heavy atom. The lowest BCUT2D eigenvalue weighted by molar-refractivity contribution is -0.198. The molecule has 116 valence electrons. The topological polar surface area (TPSA) is 29.1 Å². The van der Waals surface area contributed by atoms with Crippen molar-refractivity contribution >= 4 is 21.8 Å². The number of carbonyl (C=O) groups is 1. The predicted molar refractivity (Wildman–Crippen MR) is 74.6 cm³/mol. The van der Waals surface area contributed by atoms with Crippen LogP contribution in [0.3, 0.4) is 0 Å². The van der Waals surface area contributed by atoms with E-state index in [4.69, 9.17) is 0 Å². The van der Waals surface area contributed by atoms with Gasteiger partial charge in [0.25, 0.3) is 0 Å². The molecular weight excluding hydrogens is 335 g/mol. The second-order valence-electron chi connectivity index (χ2n) is 6.15. The van der Waals surface area contributed by atoms with E-state index in [2.05, 4.69) is 21.2 Å². The first kappa shape index (κ1) is 16.1. The molecule has 1 amide bonds. The fourth-order valence-electron chi connectivity index (χ4n) is 3.53. The van der Waals surface area contributed by atoms with Crippen molar-refractivity contribution in [3.05, 3.63) is 0 Å². The third-order valence-electron chi connectivity index (χ3n) is 4.73. The Morgan fingerprint density at radius 1 is 1.15 bits per heavy atom. The Morgan fingerprint density at radius 2 is 1.75 bits per heavy atom. The first-order valence-electron chi connectivity index (χ1n) is 7.33. The van der Waals surface area contributed by atoms with E-state index in [1.165, 1.54) is 0 Å². The fraction of sp³-hybridized carbons (Fsp3) is 0.929. The van der Waals surface area contributed by atoms with E-state index in [-0.39, 0.29) is 12.0 Å². The molecule has 1 N–H and O–H groups in total. The maximum absolute atomic E-state index is 13.1. The average molecular weight is 356 g/mol. The van der Waals surface area contributed by atoms with Crippen molar-refractivity contribution < 1.29 is 18.0 Å². The van der Waals surface area contributed by atoms with E-state index in [0.717, 1.165) is 25.7 Å². The number of rotatable bonds is 3. The Bertz CT molecular complexity index is 353. The molecule has 0 aromatic rings. The van der Waals surface area contributed by atoms with Crippen LogP contribution in [0, 0.1) is 11.8 Å². The summed E-state index contributed by atoms with van der Waals surface area (Å²) in [5.41, 5.74) is -0.329. The summed E-state index contributed by atoms with van der Waals surface area (Å²) in [6.07, 6.45) is 1.22. The molecule has 0 spiro atoms. The van der Waals surface area contributed by atoms with Gasteiger partial charge in [-0.1, -0.05) is 41.6 Å². The van der Waals surface area contributed by atoms with Crippen LogP contribution in [-0.4, -0.2) is 23.0 Å². The Labute approximate surface area is 126 Å². The third kappa shape index (κ3) is 3.49. The first-order valence-corrected chi connectivity index (χ1v) is 8.45. The number of amides is 1. The van der Waals surface area contributed by atoms with Crippen molar-refractivity contribution in [3.8, 4) is 0 Å². The summed E-state index contributed by atoms with van der Waals surface area (Å²) in [6.45, 7) is 0. The summed E-state index contributed by atoms with van der Waals surface area (Å²) >= 11 is 3.40. The molecule has 2 nitrogen and oxygen atoms in total. The minimum atomic E-state index is -4.26. The quantitative estimate of drug-likeness (QED) is 0.756. The van der Waals surface area contributed by atoms with Gasteiger partial charge >= 0.3 is 6.18 Å². The number of carbonyl (C=O) groups excluding carboxylic acids is 1. The van der Waals surface area contributed by atoms with Gasteiger partial charge in [-0.05, 0) is 25.7 Å². The summed E-state index contributed by atoms with van der Waals surface area (Å²) in [7, 11) is 0. The standard InChI is InChI=1S/C14H21BrF3NO/c15-9-13(7-3-4-8-13)19-12(20)10-5-1-2-6-11(10)14(16,17)18/h10-11H,1-9H2,(H,19,20). The molecule has 2 aliphatic carbocycles. The van der Waals surface area contributed by atoms with Crippen LogP contribution in [0.25, 0.3) is 0 Å². The van der Waals surface area contributed by atoms with Crippen LogP contribution in [0.15, 0.2) is 0 Å². The molecule has 0 aliphatic heterocycles. The summed E-state index contributed by atoms with van der Waals surface area (Å²) in [5, 5.41) is 3.55. The van der Waals surface area contributed by atoms with Gasteiger partial charge in [-0.3, -0.25) is 4.79 Å². The molecule has 2 unspecified atom stereocenters. The van der Waals surface area contributed by atoms with Gasteiger partial charge in [0.2, 0.25) is 5.91 Å². The SMILES string of the molecule is O=C(NC1(CBr)CCCC1)C1CCCCC1C(F)(F)F. The monoisotopic (exact) mass is 355 g/mol. The Kier molecular flexibility index (Phi) is 5.03. The zero-order valence-corrected chi connectivity index (χ0v) is 13.0.